The normalized spacial score (nSPS) is 15.2. The molecule has 0 saturated carbocycles. The maximum Gasteiger partial charge on any atom is 0.272 e. The van der Waals surface area contributed by atoms with Gasteiger partial charge in [-0.3, -0.25) is 4.79 Å². The fraction of sp³-hybridized carbons (Fsp3) is 0.200. The molecule has 3 heterocycles. The molecular formula is C20H18N4O2. The number of rotatable bonds is 4. The third-order valence-corrected chi connectivity index (χ3v) is 4.36. The predicted molar refractivity (Wildman–Crippen MR) is 96.8 cm³/mol. The number of carbonyl (C=O) groups excluding carboxylic acids is 1. The molecule has 1 atom stereocenters. The molecule has 26 heavy (non-hydrogen) atoms. The van der Waals surface area contributed by atoms with Crippen molar-refractivity contribution in [2.45, 2.75) is 12.5 Å². The summed E-state index contributed by atoms with van der Waals surface area (Å²) >= 11 is 0. The molecular weight excluding hydrogens is 328 g/mol. The van der Waals surface area contributed by atoms with Gasteiger partial charge in [0.2, 0.25) is 0 Å². The standard InChI is InChI=1S/C20H18N4O2/c1-24(12-16-9-14-5-2-3-8-19(14)26-16)20(25)18-7-4-6-17(23-18)15-10-21-13-22-11-15/h2-8,10-11,13,16H,9,12H2,1H3/t16-/m1/s1. The molecule has 6 nitrogen and oxygen atoms in total. The highest BCUT2D eigenvalue weighted by molar-refractivity contribution is 5.92. The Hall–Kier alpha value is -3.28. The van der Waals surface area contributed by atoms with Crippen LogP contribution in [-0.4, -0.2) is 45.5 Å². The Morgan fingerprint density at radius 3 is 2.77 bits per heavy atom. The van der Waals surface area contributed by atoms with Crippen LogP contribution in [0.2, 0.25) is 0 Å². The van der Waals surface area contributed by atoms with Crippen LogP contribution < -0.4 is 4.74 Å². The lowest BCUT2D eigenvalue weighted by Crippen LogP contribution is -2.36. The number of ether oxygens (including phenoxy) is 1. The van der Waals surface area contributed by atoms with Gasteiger partial charge in [0, 0.05) is 31.4 Å². The van der Waals surface area contributed by atoms with Gasteiger partial charge in [0.15, 0.2) is 0 Å². The SMILES string of the molecule is CN(C[C@H]1Cc2ccccc2O1)C(=O)c1cccc(-c2cncnc2)n1. The van der Waals surface area contributed by atoms with Crippen molar-refractivity contribution in [3.63, 3.8) is 0 Å². The largest absolute Gasteiger partial charge is 0.488 e. The molecule has 0 saturated heterocycles. The minimum Gasteiger partial charge on any atom is -0.488 e. The number of carbonyl (C=O) groups is 1. The number of aromatic nitrogens is 3. The summed E-state index contributed by atoms with van der Waals surface area (Å²) in [5.74, 6) is 0.769. The summed E-state index contributed by atoms with van der Waals surface area (Å²) in [6.07, 6.45) is 5.59. The number of pyridine rings is 1. The number of fused-ring (bicyclic) bond motifs is 1. The lowest BCUT2D eigenvalue weighted by Gasteiger charge is -2.21. The van der Waals surface area contributed by atoms with Gasteiger partial charge in [-0.05, 0) is 23.8 Å². The van der Waals surface area contributed by atoms with E-state index in [9.17, 15) is 4.79 Å². The highest BCUT2D eigenvalue weighted by Gasteiger charge is 2.25. The molecule has 0 spiro atoms. The van der Waals surface area contributed by atoms with Crippen LogP contribution in [0, 0.1) is 0 Å². The molecule has 6 heteroatoms. The number of hydrogen-bond donors (Lipinski definition) is 0. The smallest absolute Gasteiger partial charge is 0.272 e. The Kier molecular flexibility index (Phi) is 4.31. The lowest BCUT2D eigenvalue weighted by molar-refractivity contribution is 0.0725. The van der Waals surface area contributed by atoms with Crippen molar-refractivity contribution in [1.82, 2.24) is 19.9 Å². The van der Waals surface area contributed by atoms with Crippen LogP contribution in [0.4, 0.5) is 0 Å². The average Bonchev–Trinajstić information content (AvgIpc) is 3.10. The van der Waals surface area contributed by atoms with E-state index < -0.39 is 0 Å². The molecule has 1 amide bonds. The second-order valence-corrected chi connectivity index (χ2v) is 6.27. The number of likely N-dealkylation sites (N-methyl/N-ethyl adjacent to an activating group) is 1. The molecule has 0 N–H and O–H groups in total. The van der Waals surface area contributed by atoms with Gasteiger partial charge in [0.05, 0.1) is 12.2 Å². The molecule has 1 aliphatic rings. The number of amides is 1. The molecule has 0 radical (unpaired) electrons. The fourth-order valence-corrected chi connectivity index (χ4v) is 3.09. The minimum absolute atomic E-state index is 0.0351. The maximum absolute atomic E-state index is 12.8. The zero-order valence-corrected chi connectivity index (χ0v) is 14.4. The first-order chi connectivity index (χ1) is 12.7. The second kappa shape index (κ2) is 6.92. The van der Waals surface area contributed by atoms with Crippen molar-refractivity contribution < 1.29 is 9.53 Å². The Bertz CT molecular complexity index is 905. The molecule has 130 valence electrons. The van der Waals surface area contributed by atoms with E-state index in [2.05, 4.69) is 21.0 Å². The third kappa shape index (κ3) is 3.26. The van der Waals surface area contributed by atoms with Gasteiger partial charge in [-0.25, -0.2) is 15.0 Å². The molecule has 0 unspecified atom stereocenters. The molecule has 3 aromatic rings. The van der Waals surface area contributed by atoms with Gasteiger partial charge >= 0.3 is 0 Å². The quantitative estimate of drug-likeness (QED) is 0.726. The number of hydrogen-bond acceptors (Lipinski definition) is 5. The van der Waals surface area contributed by atoms with E-state index in [-0.39, 0.29) is 12.0 Å². The average molecular weight is 346 g/mol. The van der Waals surface area contributed by atoms with Crippen molar-refractivity contribution in [3.8, 4) is 17.0 Å². The Labute approximate surface area is 151 Å². The van der Waals surface area contributed by atoms with Gasteiger partial charge < -0.3 is 9.64 Å². The van der Waals surface area contributed by atoms with Crippen molar-refractivity contribution in [2.24, 2.45) is 0 Å². The van der Waals surface area contributed by atoms with E-state index >= 15 is 0 Å². The van der Waals surface area contributed by atoms with E-state index in [0.717, 1.165) is 17.7 Å². The van der Waals surface area contributed by atoms with Crippen molar-refractivity contribution in [2.75, 3.05) is 13.6 Å². The zero-order valence-electron chi connectivity index (χ0n) is 14.4. The fourth-order valence-electron chi connectivity index (χ4n) is 3.09. The van der Waals surface area contributed by atoms with Gasteiger partial charge in [-0.1, -0.05) is 24.3 Å². The van der Waals surface area contributed by atoms with Crippen LogP contribution in [0.1, 0.15) is 16.1 Å². The predicted octanol–water partition coefficient (Wildman–Crippen LogP) is 2.61. The first-order valence-electron chi connectivity index (χ1n) is 8.43. The molecule has 0 fully saturated rings. The summed E-state index contributed by atoms with van der Waals surface area (Å²) in [5.41, 5.74) is 3.03. The van der Waals surface area contributed by atoms with Crippen LogP contribution >= 0.6 is 0 Å². The Morgan fingerprint density at radius 1 is 1.15 bits per heavy atom. The maximum atomic E-state index is 12.8. The first-order valence-corrected chi connectivity index (χ1v) is 8.43. The molecule has 0 aliphatic carbocycles. The lowest BCUT2D eigenvalue weighted by atomic mass is 10.1. The van der Waals surface area contributed by atoms with E-state index in [1.165, 1.54) is 11.9 Å². The molecule has 0 bridgehead atoms. The van der Waals surface area contributed by atoms with Crippen LogP contribution in [0.3, 0.4) is 0 Å². The van der Waals surface area contributed by atoms with Crippen LogP contribution in [0.5, 0.6) is 5.75 Å². The second-order valence-electron chi connectivity index (χ2n) is 6.27. The summed E-state index contributed by atoms with van der Waals surface area (Å²) in [5, 5.41) is 0. The monoisotopic (exact) mass is 346 g/mol. The zero-order chi connectivity index (χ0) is 17.9. The van der Waals surface area contributed by atoms with Gasteiger partial charge in [0.1, 0.15) is 23.9 Å². The molecule has 1 aromatic carbocycles. The number of nitrogens with zero attached hydrogens (tertiary/aromatic N) is 4. The third-order valence-electron chi connectivity index (χ3n) is 4.36. The van der Waals surface area contributed by atoms with Gasteiger partial charge in [-0.15, -0.1) is 0 Å². The van der Waals surface area contributed by atoms with E-state index in [1.807, 2.05) is 30.3 Å². The summed E-state index contributed by atoms with van der Waals surface area (Å²) < 4.78 is 5.93. The van der Waals surface area contributed by atoms with Crippen molar-refractivity contribution >= 4 is 5.91 Å². The molecule has 2 aromatic heterocycles. The number of para-hydroxylation sites is 1. The summed E-state index contributed by atoms with van der Waals surface area (Å²) in [4.78, 5) is 26.9. The Morgan fingerprint density at radius 2 is 1.96 bits per heavy atom. The van der Waals surface area contributed by atoms with E-state index in [1.54, 1.807) is 30.4 Å². The molecule has 4 rings (SSSR count). The topological polar surface area (TPSA) is 68.2 Å². The molecule has 1 aliphatic heterocycles. The Balaban J connectivity index is 1.46. The minimum atomic E-state index is -0.136. The van der Waals surface area contributed by atoms with Crippen molar-refractivity contribution in [1.29, 1.82) is 0 Å². The van der Waals surface area contributed by atoms with Crippen molar-refractivity contribution in [3.05, 3.63) is 72.4 Å². The number of benzene rings is 1. The van der Waals surface area contributed by atoms with E-state index in [4.69, 9.17) is 4.74 Å². The highest BCUT2D eigenvalue weighted by Crippen LogP contribution is 2.28. The first kappa shape index (κ1) is 16.2. The highest BCUT2D eigenvalue weighted by atomic mass is 16.5. The van der Waals surface area contributed by atoms with Crippen LogP contribution in [0.25, 0.3) is 11.3 Å². The van der Waals surface area contributed by atoms with E-state index in [0.29, 0.717) is 17.9 Å². The summed E-state index contributed by atoms with van der Waals surface area (Å²) in [6, 6.07) is 13.4. The van der Waals surface area contributed by atoms with Crippen LogP contribution in [0.15, 0.2) is 61.2 Å². The van der Waals surface area contributed by atoms with Gasteiger partial charge in [0.25, 0.3) is 5.91 Å². The van der Waals surface area contributed by atoms with Crippen LogP contribution in [-0.2, 0) is 6.42 Å². The summed E-state index contributed by atoms with van der Waals surface area (Å²) in [7, 11) is 1.77. The summed E-state index contributed by atoms with van der Waals surface area (Å²) in [6.45, 7) is 0.508. The van der Waals surface area contributed by atoms with Gasteiger partial charge in [-0.2, -0.15) is 0 Å².